The van der Waals surface area contributed by atoms with Gasteiger partial charge in [-0.05, 0) is 141 Å². The number of alkyl carbamates (subject to hydrolysis) is 1. The smallest absolute Gasteiger partial charge is 0.408 e. The maximum atomic E-state index is 13.9. The number of rotatable bonds is 15. The van der Waals surface area contributed by atoms with Crippen molar-refractivity contribution in [2.24, 2.45) is 0 Å². The van der Waals surface area contributed by atoms with Crippen LogP contribution in [0.2, 0.25) is 0 Å². The summed E-state index contributed by atoms with van der Waals surface area (Å²) < 4.78 is 59.5. The minimum absolute atomic E-state index is 0.0164. The molecule has 0 aliphatic rings. The predicted octanol–water partition coefficient (Wildman–Crippen LogP) is 8.37. The minimum Gasteiger partial charge on any atom is -0.444 e. The number of aldehydes is 1. The minimum atomic E-state index is -1.27. The fourth-order valence-electron chi connectivity index (χ4n) is 5.89. The maximum absolute atomic E-state index is 13.9. The predicted molar refractivity (Wildman–Crippen MR) is 215 cm³/mol. The number of aryl methyl sites for hydroxylation is 1. The quantitative estimate of drug-likeness (QED) is 0.0807. The largest absolute Gasteiger partial charge is 0.444 e. The van der Waals surface area contributed by atoms with E-state index in [1.165, 1.54) is 12.3 Å². The normalized spacial score (nSPS) is 12.6. The molecule has 0 fully saturated rings. The van der Waals surface area contributed by atoms with Gasteiger partial charge in [-0.3, -0.25) is 14.6 Å². The van der Waals surface area contributed by atoms with Gasteiger partial charge in [0.05, 0.1) is 17.8 Å². The molecule has 4 aromatic rings. The van der Waals surface area contributed by atoms with Gasteiger partial charge in [0, 0.05) is 47.0 Å². The van der Waals surface area contributed by atoms with Crippen LogP contribution in [0.3, 0.4) is 0 Å². The van der Waals surface area contributed by atoms with Gasteiger partial charge in [-0.2, -0.15) is 0 Å². The van der Waals surface area contributed by atoms with Crippen molar-refractivity contribution in [3.8, 4) is 0 Å². The molecule has 1 aromatic heterocycles. The Bertz CT molecular complexity index is 1980. The monoisotopic (exact) mass is 872 g/mol. The molecule has 3 amide bonds. The van der Waals surface area contributed by atoms with E-state index in [0.717, 1.165) is 54.8 Å². The van der Waals surface area contributed by atoms with Gasteiger partial charge in [-0.25, -0.2) is 22.4 Å². The Morgan fingerprint density at radius 3 is 1.84 bits per heavy atom. The van der Waals surface area contributed by atoms with Gasteiger partial charge in [0.25, 0.3) is 11.8 Å². The molecule has 1 heterocycles. The first-order valence-corrected chi connectivity index (χ1v) is 19.5. The van der Waals surface area contributed by atoms with Gasteiger partial charge in [0.15, 0.2) is 0 Å². The topological polar surface area (TPSA) is 138 Å². The second-order valence-corrected chi connectivity index (χ2v) is 15.6. The Morgan fingerprint density at radius 1 is 0.828 bits per heavy atom. The number of aliphatic hydroxyl groups excluding tert-OH is 1. The zero-order valence-corrected chi connectivity index (χ0v) is 34.8. The number of benzene rings is 3. The van der Waals surface area contributed by atoms with E-state index in [0.29, 0.717) is 29.4 Å². The van der Waals surface area contributed by atoms with Crippen LogP contribution in [0.1, 0.15) is 96.7 Å². The molecule has 1 unspecified atom stereocenters. The standard InChI is InChI=1S/C29H32BrF2N3O3.C14H17F2NO3/c1-4-8-35(9-5-2)29(38)21-11-18(3)10-20(15-21)28(37)34-26(14-19-12-23(31)16-24(32)13-19)27(36)25-7-6-22(30)17-33-25;1-14(2,3)20-13(19)17-12(8-18)6-9-4-10(15)7-11(16)5-9/h6-7,10-13,15-17,26-27,36H,4-5,8-9,14H2,1-3H3,(H,34,37);4-5,7-8,12H,6H2,1-3H3,(H,17,19)/t26-,27?;12-/m00/s1. The summed E-state index contributed by atoms with van der Waals surface area (Å²) in [5.74, 6) is -3.67. The summed E-state index contributed by atoms with van der Waals surface area (Å²) in [6.07, 6.45) is 1.53. The second-order valence-electron chi connectivity index (χ2n) is 14.7. The molecule has 4 rings (SSSR count). The summed E-state index contributed by atoms with van der Waals surface area (Å²) in [6.45, 7) is 12.1. The molecule has 0 bridgehead atoms. The lowest BCUT2D eigenvalue weighted by Crippen LogP contribution is -2.41. The molecule has 312 valence electrons. The summed E-state index contributed by atoms with van der Waals surface area (Å²) in [7, 11) is 0. The van der Waals surface area contributed by atoms with Crippen molar-refractivity contribution in [2.45, 2.75) is 91.0 Å². The summed E-state index contributed by atoms with van der Waals surface area (Å²) >= 11 is 3.30. The van der Waals surface area contributed by atoms with E-state index in [1.807, 2.05) is 13.8 Å². The first-order valence-electron chi connectivity index (χ1n) is 18.7. The summed E-state index contributed by atoms with van der Waals surface area (Å²) in [5, 5.41) is 16.2. The Labute approximate surface area is 344 Å². The van der Waals surface area contributed by atoms with Crippen molar-refractivity contribution in [3.05, 3.63) is 134 Å². The second kappa shape index (κ2) is 22.1. The molecule has 0 saturated heterocycles. The van der Waals surface area contributed by atoms with Crippen molar-refractivity contribution in [1.29, 1.82) is 0 Å². The number of nitrogens with zero attached hydrogens (tertiary/aromatic N) is 2. The molecule has 10 nitrogen and oxygen atoms in total. The van der Waals surface area contributed by atoms with Crippen LogP contribution in [0, 0.1) is 30.2 Å². The molecular formula is C43H49BrF4N4O6. The van der Waals surface area contributed by atoms with E-state index in [2.05, 4.69) is 31.5 Å². The molecule has 0 saturated carbocycles. The molecular weight excluding hydrogens is 824 g/mol. The van der Waals surface area contributed by atoms with E-state index < -0.39 is 59.1 Å². The highest BCUT2D eigenvalue weighted by atomic mass is 79.9. The number of hydrogen-bond acceptors (Lipinski definition) is 7. The number of aliphatic hydroxyl groups is 1. The van der Waals surface area contributed by atoms with E-state index in [9.17, 15) is 41.8 Å². The molecule has 0 aliphatic carbocycles. The number of carbonyl (C=O) groups is 4. The molecule has 58 heavy (non-hydrogen) atoms. The summed E-state index contributed by atoms with van der Waals surface area (Å²) in [4.78, 5) is 55.0. The van der Waals surface area contributed by atoms with Gasteiger partial charge in [0.2, 0.25) is 0 Å². The van der Waals surface area contributed by atoms with Crippen LogP contribution < -0.4 is 10.6 Å². The molecule has 15 heteroatoms. The van der Waals surface area contributed by atoms with Crippen LogP contribution >= 0.6 is 15.9 Å². The van der Waals surface area contributed by atoms with Crippen molar-refractivity contribution in [3.63, 3.8) is 0 Å². The third-order valence-electron chi connectivity index (χ3n) is 8.23. The van der Waals surface area contributed by atoms with Crippen LogP contribution in [0.5, 0.6) is 0 Å². The lowest BCUT2D eigenvalue weighted by atomic mass is 9.97. The average Bonchev–Trinajstić information content (AvgIpc) is 3.12. The third kappa shape index (κ3) is 15.7. The Balaban J connectivity index is 0.000000379. The number of pyridine rings is 1. The lowest BCUT2D eigenvalue weighted by Gasteiger charge is -2.25. The number of ether oxygens (including phenoxy) is 1. The van der Waals surface area contributed by atoms with E-state index in [4.69, 9.17) is 4.74 Å². The number of carbonyl (C=O) groups excluding carboxylic acids is 4. The Kier molecular flexibility index (Phi) is 18.0. The van der Waals surface area contributed by atoms with Crippen molar-refractivity contribution in [2.75, 3.05) is 13.1 Å². The molecule has 0 aliphatic heterocycles. The fraction of sp³-hybridized carbons (Fsp3) is 0.372. The van der Waals surface area contributed by atoms with Crippen LogP contribution in [0.4, 0.5) is 22.4 Å². The highest BCUT2D eigenvalue weighted by Crippen LogP contribution is 2.22. The number of nitrogens with one attached hydrogen (secondary N) is 2. The summed E-state index contributed by atoms with van der Waals surface area (Å²) in [6, 6.07) is 12.4. The number of amides is 3. The lowest BCUT2D eigenvalue weighted by molar-refractivity contribution is -0.109. The molecule has 0 spiro atoms. The van der Waals surface area contributed by atoms with Gasteiger partial charge < -0.3 is 30.2 Å². The van der Waals surface area contributed by atoms with Crippen molar-refractivity contribution in [1.82, 2.24) is 20.5 Å². The van der Waals surface area contributed by atoms with Crippen LogP contribution in [-0.4, -0.2) is 70.0 Å². The van der Waals surface area contributed by atoms with Crippen LogP contribution in [-0.2, 0) is 22.4 Å². The SMILES string of the molecule is CC(C)(C)OC(=O)N[C@H](C=O)Cc1cc(F)cc(F)c1.CCCN(CCC)C(=O)c1cc(C)cc(C(=O)N[C@@H](Cc2cc(F)cc(F)c2)C(O)c2ccc(Br)cn2)c1. The Hall–Kier alpha value is -5.15. The van der Waals surface area contributed by atoms with Gasteiger partial charge >= 0.3 is 6.09 Å². The molecule has 0 radical (unpaired) electrons. The summed E-state index contributed by atoms with van der Waals surface area (Å²) in [5.41, 5.74) is 1.50. The fourth-order valence-corrected chi connectivity index (χ4v) is 6.13. The van der Waals surface area contributed by atoms with Crippen LogP contribution in [0.15, 0.2) is 77.4 Å². The molecule has 3 aromatic carbocycles. The highest BCUT2D eigenvalue weighted by molar-refractivity contribution is 9.10. The number of halogens is 5. The van der Waals surface area contributed by atoms with Gasteiger partial charge in [0.1, 0.15) is 41.3 Å². The van der Waals surface area contributed by atoms with E-state index in [-0.39, 0.29) is 41.1 Å². The number of hydrogen-bond donors (Lipinski definition) is 3. The number of aromatic nitrogens is 1. The zero-order valence-electron chi connectivity index (χ0n) is 33.3. The molecule has 3 atom stereocenters. The molecule has 3 N–H and O–H groups in total. The van der Waals surface area contributed by atoms with Crippen molar-refractivity contribution >= 4 is 40.1 Å². The van der Waals surface area contributed by atoms with Gasteiger partial charge in [-0.15, -0.1) is 0 Å². The third-order valence-corrected chi connectivity index (χ3v) is 8.70. The first-order chi connectivity index (χ1) is 27.3. The van der Waals surface area contributed by atoms with E-state index in [1.54, 1.807) is 56.9 Å². The average molecular weight is 874 g/mol. The van der Waals surface area contributed by atoms with Crippen LogP contribution in [0.25, 0.3) is 0 Å². The van der Waals surface area contributed by atoms with Crippen molar-refractivity contribution < 1.29 is 46.6 Å². The first kappa shape index (κ1) is 47.2. The van der Waals surface area contributed by atoms with Gasteiger partial charge in [-0.1, -0.05) is 13.8 Å². The zero-order chi connectivity index (χ0) is 43.2. The van der Waals surface area contributed by atoms with E-state index >= 15 is 0 Å². The maximum Gasteiger partial charge on any atom is 0.408 e. The highest BCUT2D eigenvalue weighted by Gasteiger charge is 2.27. The Morgan fingerprint density at radius 2 is 1.36 bits per heavy atom.